The number of benzene rings is 2. The number of nitrogen functional groups attached to an aromatic ring is 1. The first-order valence-corrected chi connectivity index (χ1v) is 13.5. The highest BCUT2D eigenvalue weighted by Gasteiger charge is 2.31. The van der Waals surface area contributed by atoms with Gasteiger partial charge in [-0.25, -0.2) is 18.7 Å². The van der Waals surface area contributed by atoms with Gasteiger partial charge in [-0.1, -0.05) is 30.3 Å². The maximum absolute atomic E-state index is 14.5. The number of aromatic nitrogens is 3. The number of nitrogens with zero attached hydrogens (tertiary/aromatic N) is 3. The van der Waals surface area contributed by atoms with Crippen molar-refractivity contribution in [2.45, 2.75) is 52.1 Å². The number of nitrogens with two attached hydrogens (primary N) is 1. The monoisotopic (exact) mass is 558 g/mol. The molecule has 0 bridgehead atoms. The molecule has 0 saturated heterocycles. The summed E-state index contributed by atoms with van der Waals surface area (Å²) < 4.78 is 30.5. The summed E-state index contributed by atoms with van der Waals surface area (Å²) in [4.78, 5) is 35.2. The zero-order chi connectivity index (χ0) is 29.3. The second-order valence-corrected chi connectivity index (χ2v) is 10.5. The van der Waals surface area contributed by atoms with E-state index in [9.17, 15) is 18.4 Å². The van der Waals surface area contributed by atoms with Crippen LogP contribution in [0.3, 0.4) is 0 Å². The van der Waals surface area contributed by atoms with Crippen LogP contribution >= 0.6 is 0 Å². The van der Waals surface area contributed by atoms with Gasteiger partial charge in [-0.3, -0.25) is 14.2 Å². The lowest BCUT2D eigenvalue weighted by molar-refractivity contribution is -0.124. The summed E-state index contributed by atoms with van der Waals surface area (Å²) >= 11 is 0. The summed E-state index contributed by atoms with van der Waals surface area (Å²) in [7, 11) is 0. The fraction of sp³-hybridized carbons (Fsp3) is 0.290. The van der Waals surface area contributed by atoms with E-state index in [0.29, 0.717) is 46.6 Å². The largest absolute Gasteiger partial charge is 0.384 e. The number of hydrogen-bond acceptors (Lipinski definition) is 6. The predicted octanol–water partition coefficient (Wildman–Crippen LogP) is 4.47. The third kappa shape index (κ3) is 5.82. The van der Waals surface area contributed by atoms with E-state index < -0.39 is 17.5 Å². The molecule has 0 radical (unpaired) electrons. The second-order valence-electron chi connectivity index (χ2n) is 10.5. The van der Waals surface area contributed by atoms with Crippen LogP contribution in [0.25, 0.3) is 0 Å². The third-order valence-electron chi connectivity index (χ3n) is 7.70. The molecule has 4 aromatic rings. The molecule has 1 atom stereocenters. The Morgan fingerprint density at radius 1 is 1.05 bits per heavy atom. The topological polar surface area (TPSA) is 115 Å². The van der Waals surface area contributed by atoms with E-state index >= 15 is 0 Å². The Labute approximate surface area is 236 Å². The van der Waals surface area contributed by atoms with Gasteiger partial charge < -0.3 is 16.4 Å². The Morgan fingerprint density at radius 2 is 1.71 bits per heavy atom. The fourth-order valence-electron chi connectivity index (χ4n) is 5.19. The lowest BCUT2D eigenvalue weighted by Crippen LogP contribution is -2.36. The highest BCUT2D eigenvalue weighted by atomic mass is 19.1. The van der Waals surface area contributed by atoms with Crippen LogP contribution in [0.5, 0.6) is 0 Å². The summed E-state index contributed by atoms with van der Waals surface area (Å²) in [6.07, 6.45) is 2.60. The minimum absolute atomic E-state index is 0.0668. The number of carbonyl (C=O) groups is 1. The maximum atomic E-state index is 14.5. The number of rotatable bonds is 8. The quantitative estimate of drug-likeness (QED) is 0.294. The van der Waals surface area contributed by atoms with Crippen LogP contribution < -0.4 is 21.9 Å². The van der Waals surface area contributed by atoms with Crippen LogP contribution in [0.2, 0.25) is 0 Å². The molecule has 212 valence electrons. The standard InChI is InChI=1S/C31H32F2N6O2/c1-17-4-6-20(12-25(17)32)24(21-7-5-18(2)26(33)13-21)16-36-29-31(41)39-23(15-35-29)9-10-27(39)30(40)37-14-22-8-11-28(34)38-19(22)3/h4-8,11-13,15,24,27H,9-10,14,16H2,1-3H3,(H2,34,38)(H,35,36)(H,37,40)/t27-/m0/s1. The highest BCUT2D eigenvalue weighted by molar-refractivity contribution is 5.81. The number of halogens is 2. The summed E-state index contributed by atoms with van der Waals surface area (Å²) in [5, 5.41) is 6.01. The van der Waals surface area contributed by atoms with Gasteiger partial charge in [0.25, 0.3) is 5.56 Å². The van der Waals surface area contributed by atoms with Crippen molar-refractivity contribution in [2.75, 3.05) is 17.6 Å². The van der Waals surface area contributed by atoms with Crippen LogP contribution in [-0.2, 0) is 17.8 Å². The molecular weight excluding hydrogens is 526 g/mol. The first-order chi connectivity index (χ1) is 19.6. The summed E-state index contributed by atoms with van der Waals surface area (Å²) in [5.74, 6) is -0.997. The van der Waals surface area contributed by atoms with E-state index in [-0.39, 0.29) is 36.4 Å². The van der Waals surface area contributed by atoms with Gasteiger partial charge in [0, 0.05) is 36.6 Å². The smallest absolute Gasteiger partial charge is 0.294 e. The zero-order valence-corrected chi connectivity index (χ0v) is 23.2. The van der Waals surface area contributed by atoms with E-state index in [0.717, 1.165) is 11.3 Å². The number of anilines is 2. The molecule has 8 nitrogen and oxygen atoms in total. The van der Waals surface area contributed by atoms with Crippen molar-refractivity contribution in [3.63, 3.8) is 0 Å². The number of fused-ring (bicyclic) bond motifs is 1. The third-order valence-corrected chi connectivity index (χ3v) is 7.70. The molecule has 2 aromatic heterocycles. The van der Waals surface area contributed by atoms with Gasteiger partial charge >= 0.3 is 0 Å². The van der Waals surface area contributed by atoms with Gasteiger partial charge in [0.05, 0.1) is 0 Å². The van der Waals surface area contributed by atoms with Crippen LogP contribution in [0.15, 0.2) is 59.5 Å². The lowest BCUT2D eigenvalue weighted by atomic mass is 9.90. The molecule has 0 saturated carbocycles. The molecule has 3 heterocycles. The molecule has 0 spiro atoms. The van der Waals surface area contributed by atoms with E-state index in [1.807, 2.05) is 13.0 Å². The molecular formula is C31H32F2N6O2. The Bertz CT molecular complexity index is 1630. The SMILES string of the molecule is Cc1ccc(C(CNc2ncc3n(c2=O)[C@H](C(=O)NCc2ccc(N)nc2C)CC3)c2ccc(C)c(F)c2)cc1F. The zero-order valence-electron chi connectivity index (χ0n) is 23.2. The van der Waals surface area contributed by atoms with Gasteiger partial charge in [0.15, 0.2) is 5.82 Å². The molecule has 2 aromatic carbocycles. The minimum atomic E-state index is -0.684. The van der Waals surface area contributed by atoms with E-state index in [1.165, 1.54) is 16.7 Å². The Morgan fingerprint density at radius 3 is 2.32 bits per heavy atom. The molecule has 0 unspecified atom stereocenters. The summed E-state index contributed by atoms with van der Waals surface area (Å²) in [6, 6.07) is 12.6. The number of nitrogens with one attached hydrogen (secondary N) is 2. The number of hydrogen-bond donors (Lipinski definition) is 3. The van der Waals surface area contributed by atoms with Crippen molar-refractivity contribution in [3.05, 3.63) is 116 Å². The molecule has 1 amide bonds. The van der Waals surface area contributed by atoms with Crippen molar-refractivity contribution in [1.82, 2.24) is 19.9 Å². The van der Waals surface area contributed by atoms with Crippen molar-refractivity contribution in [2.24, 2.45) is 0 Å². The predicted molar refractivity (Wildman–Crippen MR) is 154 cm³/mol. The fourth-order valence-corrected chi connectivity index (χ4v) is 5.19. The van der Waals surface area contributed by atoms with Crippen LogP contribution in [0.4, 0.5) is 20.4 Å². The molecule has 10 heteroatoms. The van der Waals surface area contributed by atoms with Crippen molar-refractivity contribution in [3.8, 4) is 0 Å². The normalized spacial score (nSPS) is 14.2. The maximum Gasteiger partial charge on any atom is 0.294 e. The van der Waals surface area contributed by atoms with Crippen molar-refractivity contribution < 1.29 is 13.6 Å². The van der Waals surface area contributed by atoms with Gasteiger partial charge in [-0.05, 0) is 79.6 Å². The van der Waals surface area contributed by atoms with Crippen molar-refractivity contribution in [1.29, 1.82) is 0 Å². The van der Waals surface area contributed by atoms with E-state index in [4.69, 9.17) is 5.73 Å². The minimum Gasteiger partial charge on any atom is -0.384 e. The van der Waals surface area contributed by atoms with E-state index in [2.05, 4.69) is 20.6 Å². The van der Waals surface area contributed by atoms with Crippen LogP contribution in [0, 0.1) is 32.4 Å². The Kier molecular flexibility index (Phi) is 7.83. The van der Waals surface area contributed by atoms with Gasteiger partial charge in [-0.15, -0.1) is 0 Å². The van der Waals surface area contributed by atoms with Gasteiger partial charge in [-0.2, -0.15) is 0 Å². The van der Waals surface area contributed by atoms with E-state index in [1.54, 1.807) is 50.4 Å². The number of carbonyl (C=O) groups excluding carboxylic acids is 1. The van der Waals surface area contributed by atoms with Crippen molar-refractivity contribution >= 4 is 17.5 Å². The van der Waals surface area contributed by atoms with Crippen LogP contribution in [0.1, 0.15) is 57.6 Å². The summed E-state index contributed by atoms with van der Waals surface area (Å²) in [5.41, 5.74) is 9.80. The average molecular weight is 559 g/mol. The Hall–Kier alpha value is -4.60. The molecule has 1 aliphatic heterocycles. The Balaban J connectivity index is 1.38. The average Bonchev–Trinajstić information content (AvgIpc) is 3.38. The molecule has 4 N–H and O–H groups in total. The number of aryl methyl sites for hydroxylation is 4. The second kappa shape index (κ2) is 11.5. The van der Waals surface area contributed by atoms with Gasteiger partial charge in [0.2, 0.25) is 5.91 Å². The molecule has 41 heavy (non-hydrogen) atoms. The molecule has 0 fully saturated rings. The first-order valence-electron chi connectivity index (χ1n) is 13.5. The number of amides is 1. The van der Waals surface area contributed by atoms with Crippen LogP contribution in [-0.4, -0.2) is 27.0 Å². The molecule has 1 aliphatic rings. The first kappa shape index (κ1) is 27.9. The molecule has 0 aliphatic carbocycles. The highest BCUT2D eigenvalue weighted by Crippen LogP contribution is 2.29. The molecule has 5 rings (SSSR count). The van der Waals surface area contributed by atoms with Gasteiger partial charge in [0.1, 0.15) is 23.5 Å². The summed E-state index contributed by atoms with van der Waals surface area (Å²) in [6.45, 7) is 5.59. The lowest BCUT2D eigenvalue weighted by Gasteiger charge is -2.21. The number of pyridine rings is 1.